The van der Waals surface area contributed by atoms with Crippen LogP contribution in [-0.2, 0) is 11.3 Å². The monoisotopic (exact) mass is 292 g/mol. The number of methoxy groups -OCH3 is 2. The van der Waals surface area contributed by atoms with Crippen molar-refractivity contribution >= 4 is 5.69 Å². The molecule has 1 heterocycles. The molecule has 1 aromatic carbocycles. The van der Waals surface area contributed by atoms with Crippen molar-refractivity contribution in [3.8, 4) is 5.75 Å². The van der Waals surface area contributed by atoms with Crippen molar-refractivity contribution in [3.05, 3.63) is 23.8 Å². The Morgan fingerprint density at radius 2 is 2.19 bits per heavy atom. The lowest BCUT2D eigenvalue weighted by Crippen LogP contribution is -2.34. The zero-order valence-electron chi connectivity index (χ0n) is 13.5. The van der Waals surface area contributed by atoms with Crippen molar-refractivity contribution in [2.24, 2.45) is 5.92 Å². The van der Waals surface area contributed by atoms with Gasteiger partial charge in [0.15, 0.2) is 0 Å². The molecule has 0 amide bonds. The van der Waals surface area contributed by atoms with Crippen LogP contribution in [0.5, 0.6) is 5.75 Å². The standard InChI is InChI=1S/C17H28N2O2/c1-14-5-4-9-19(13-14)16-7-6-15(11-17(16)21-3)12-18-8-10-20-2/h6-7,11,14,18H,4-5,8-10,12-13H2,1-3H3. The minimum atomic E-state index is 0.737. The number of nitrogens with one attached hydrogen (secondary N) is 1. The summed E-state index contributed by atoms with van der Waals surface area (Å²) in [4.78, 5) is 2.45. The predicted molar refractivity (Wildman–Crippen MR) is 87.2 cm³/mol. The van der Waals surface area contributed by atoms with Crippen LogP contribution in [0.2, 0.25) is 0 Å². The van der Waals surface area contributed by atoms with E-state index in [1.165, 1.54) is 24.1 Å². The van der Waals surface area contributed by atoms with Gasteiger partial charge in [-0.1, -0.05) is 13.0 Å². The maximum atomic E-state index is 5.61. The van der Waals surface area contributed by atoms with Crippen molar-refractivity contribution in [3.63, 3.8) is 0 Å². The van der Waals surface area contributed by atoms with Crippen LogP contribution >= 0.6 is 0 Å². The van der Waals surface area contributed by atoms with E-state index in [1.807, 2.05) is 0 Å². The van der Waals surface area contributed by atoms with E-state index in [2.05, 4.69) is 35.3 Å². The van der Waals surface area contributed by atoms with Crippen LogP contribution in [0.4, 0.5) is 5.69 Å². The first-order valence-corrected chi connectivity index (χ1v) is 7.86. The molecule has 0 spiro atoms. The van der Waals surface area contributed by atoms with E-state index < -0.39 is 0 Å². The summed E-state index contributed by atoms with van der Waals surface area (Å²) < 4.78 is 10.6. The molecule has 1 aromatic rings. The van der Waals surface area contributed by atoms with Crippen LogP contribution in [0.25, 0.3) is 0 Å². The largest absolute Gasteiger partial charge is 0.495 e. The number of nitrogens with zero attached hydrogens (tertiary/aromatic N) is 1. The minimum absolute atomic E-state index is 0.737. The Labute approximate surface area is 128 Å². The summed E-state index contributed by atoms with van der Waals surface area (Å²) in [5, 5.41) is 3.37. The molecule has 0 aliphatic carbocycles. The maximum Gasteiger partial charge on any atom is 0.142 e. The molecule has 1 aliphatic rings. The summed E-state index contributed by atoms with van der Waals surface area (Å²) >= 11 is 0. The maximum absolute atomic E-state index is 5.61. The van der Waals surface area contributed by atoms with E-state index in [1.54, 1.807) is 14.2 Å². The molecule has 1 fully saturated rings. The summed E-state index contributed by atoms with van der Waals surface area (Å²) in [5.41, 5.74) is 2.47. The van der Waals surface area contributed by atoms with Crippen LogP contribution in [0.3, 0.4) is 0 Å². The zero-order valence-corrected chi connectivity index (χ0v) is 13.5. The molecule has 1 aliphatic heterocycles. The molecule has 0 saturated carbocycles. The van der Waals surface area contributed by atoms with Gasteiger partial charge in [-0.2, -0.15) is 0 Å². The first kappa shape index (κ1) is 16.1. The topological polar surface area (TPSA) is 33.7 Å². The summed E-state index contributed by atoms with van der Waals surface area (Å²) in [7, 11) is 3.48. The fourth-order valence-electron chi connectivity index (χ4n) is 2.91. The second kappa shape index (κ2) is 8.25. The summed E-state index contributed by atoms with van der Waals surface area (Å²) in [6, 6.07) is 6.54. The predicted octanol–water partition coefficient (Wildman–Crippen LogP) is 2.67. The van der Waals surface area contributed by atoms with Crippen LogP contribution in [0, 0.1) is 5.92 Å². The molecule has 0 radical (unpaired) electrons. The van der Waals surface area contributed by atoms with Crippen molar-refractivity contribution in [1.29, 1.82) is 0 Å². The highest BCUT2D eigenvalue weighted by molar-refractivity contribution is 5.60. The normalized spacial score (nSPS) is 18.8. The van der Waals surface area contributed by atoms with Crippen molar-refractivity contribution < 1.29 is 9.47 Å². The van der Waals surface area contributed by atoms with Gasteiger partial charge in [0.25, 0.3) is 0 Å². The van der Waals surface area contributed by atoms with Gasteiger partial charge in [-0.3, -0.25) is 0 Å². The van der Waals surface area contributed by atoms with Gasteiger partial charge in [0.2, 0.25) is 0 Å². The third-order valence-corrected chi connectivity index (χ3v) is 4.05. The summed E-state index contributed by atoms with van der Waals surface area (Å²) in [6.07, 6.45) is 2.60. The van der Waals surface area contributed by atoms with Gasteiger partial charge in [0.05, 0.1) is 19.4 Å². The Morgan fingerprint density at radius 1 is 1.33 bits per heavy atom. The second-order valence-corrected chi connectivity index (χ2v) is 5.87. The fraction of sp³-hybridized carbons (Fsp3) is 0.647. The minimum Gasteiger partial charge on any atom is -0.495 e. The Hall–Kier alpha value is -1.26. The molecule has 21 heavy (non-hydrogen) atoms. The molecule has 0 bridgehead atoms. The Bertz CT molecular complexity index is 437. The first-order chi connectivity index (χ1) is 10.2. The third kappa shape index (κ3) is 4.61. The number of benzene rings is 1. The summed E-state index contributed by atoms with van der Waals surface area (Å²) in [5.74, 6) is 1.74. The molecule has 1 atom stereocenters. The lowest BCUT2D eigenvalue weighted by Gasteiger charge is -2.33. The number of ether oxygens (including phenoxy) is 2. The zero-order chi connectivity index (χ0) is 15.1. The molecule has 118 valence electrons. The van der Waals surface area contributed by atoms with E-state index in [-0.39, 0.29) is 0 Å². The molecular weight excluding hydrogens is 264 g/mol. The van der Waals surface area contributed by atoms with E-state index in [0.29, 0.717) is 0 Å². The molecule has 0 aromatic heterocycles. The van der Waals surface area contributed by atoms with Crippen molar-refractivity contribution in [1.82, 2.24) is 5.32 Å². The van der Waals surface area contributed by atoms with E-state index in [4.69, 9.17) is 9.47 Å². The highest BCUT2D eigenvalue weighted by Gasteiger charge is 2.19. The van der Waals surface area contributed by atoms with Crippen molar-refractivity contribution in [2.45, 2.75) is 26.3 Å². The van der Waals surface area contributed by atoms with E-state index in [9.17, 15) is 0 Å². The van der Waals surface area contributed by atoms with Crippen LogP contribution in [0.15, 0.2) is 18.2 Å². The fourth-order valence-corrected chi connectivity index (χ4v) is 2.91. The number of rotatable bonds is 7. The number of piperidine rings is 1. The van der Waals surface area contributed by atoms with Gasteiger partial charge in [0, 0.05) is 33.3 Å². The highest BCUT2D eigenvalue weighted by atomic mass is 16.5. The van der Waals surface area contributed by atoms with Gasteiger partial charge in [-0.05, 0) is 36.5 Å². The van der Waals surface area contributed by atoms with Crippen LogP contribution in [0.1, 0.15) is 25.3 Å². The lowest BCUT2D eigenvalue weighted by atomic mass is 9.99. The van der Waals surface area contributed by atoms with Gasteiger partial charge in [0.1, 0.15) is 5.75 Å². The van der Waals surface area contributed by atoms with Crippen LogP contribution in [-0.4, -0.2) is 40.5 Å². The average Bonchev–Trinajstić information content (AvgIpc) is 2.51. The highest BCUT2D eigenvalue weighted by Crippen LogP contribution is 2.32. The van der Waals surface area contributed by atoms with Gasteiger partial charge in [-0.25, -0.2) is 0 Å². The van der Waals surface area contributed by atoms with E-state index >= 15 is 0 Å². The molecule has 2 rings (SSSR count). The second-order valence-electron chi connectivity index (χ2n) is 5.87. The molecule has 4 nitrogen and oxygen atoms in total. The third-order valence-electron chi connectivity index (χ3n) is 4.05. The SMILES string of the molecule is COCCNCc1ccc(N2CCCC(C)C2)c(OC)c1. The average molecular weight is 292 g/mol. The summed E-state index contributed by atoms with van der Waals surface area (Å²) in [6.45, 7) is 7.03. The van der Waals surface area contributed by atoms with Crippen LogP contribution < -0.4 is 15.0 Å². The molecule has 1 N–H and O–H groups in total. The quantitative estimate of drug-likeness (QED) is 0.783. The number of hydrogen-bond acceptors (Lipinski definition) is 4. The number of hydrogen-bond donors (Lipinski definition) is 1. The Kier molecular flexibility index (Phi) is 6.33. The Balaban J connectivity index is 2.02. The van der Waals surface area contributed by atoms with Gasteiger partial charge in [-0.15, -0.1) is 0 Å². The van der Waals surface area contributed by atoms with Gasteiger partial charge >= 0.3 is 0 Å². The Morgan fingerprint density at radius 3 is 2.90 bits per heavy atom. The van der Waals surface area contributed by atoms with Gasteiger partial charge < -0.3 is 19.7 Å². The van der Waals surface area contributed by atoms with E-state index in [0.717, 1.165) is 44.5 Å². The molecule has 1 unspecified atom stereocenters. The molecule has 1 saturated heterocycles. The smallest absolute Gasteiger partial charge is 0.142 e. The number of anilines is 1. The molecular formula is C17H28N2O2. The van der Waals surface area contributed by atoms with Crippen molar-refractivity contribution in [2.75, 3.05) is 45.4 Å². The first-order valence-electron chi connectivity index (χ1n) is 7.86. The lowest BCUT2D eigenvalue weighted by molar-refractivity contribution is 0.199. The molecule has 4 heteroatoms.